The van der Waals surface area contributed by atoms with E-state index < -0.39 is 11.9 Å². The molecule has 1 aliphatic heterocycles. The zero-order valence-corrected chi connectivity index (χ0v) is 7.90. The van der Waals surface area contributed by atoms with Crippen molar-refractivity contribution in [2.45, 2.75) is 44.2 Å². The van der Waals surface area contributed by atoms with E-state index in [9.17, 15) is 9.59 Å². The maximum Gasteiger partial charge on any atom is 0.304 e. The van der Waals surface area contributed by atoms with Crippen LogP contribution in [0.25, 0.3) is 0 Å². The highest BCUT2D eigenvalue weighted by molar-refractivity contribution is 5.68. The summed E-state index contributed by atoms with van der Waals surface area (Å²) in [6.07, 6.45) is 2.71. The Bertz CT molecular complexity index is 207. The van der Waals surface area contributed by atoms with Gasteiger partial charge in [0.05, 0.1) is 12.8 Å². The first kappa shape index (κ1) is 11.0. The second-order valence-corrected chi connectivity index (χ2v) is 3.69. The fourth-order valence-corrected chi connectivity index (χ4v) is 1.85. The summed E-state index contributed by atoms with van der Waals surface area (Å²) in [7, 11) is 0. The van der Waals surface area contributed by atoms with Crippen molar-refractivity contribution in [3.63, 3.8) is 0 Å². The maximum atomic E-state index is 10.4. The van der Waals surface area contributed by atoms with Gasteiger partial charge in [0.15, 0.2) is 0 Å². The number of rotatable bonds is 4. The molecule has 2 atom stereocenters. The zero-order valence-electron chi connectivity index (χ0n) is 7.90. The molecule has 14 heavy (non-hydrogen) atoms. The van der Waals surface area contributed by atoms with E-state index in [4.69, 9.17) is 10.2 Å². The summed E-state index contributed by atoms with van der Waals surface area (Å²) in [5.74, 6) is -1.67. The molecular weight excluding hydrogens is 186 g/mol. The summed E-state index contributed by atoms with van der Waals surface area (Å²) < 4.78 is 0. The lowest BCUT2D eigenvalue weighted by Crippen LogP contribution is -2.44. The van der Waals surface area contributed by atoms with Gasteiger partial charge in [-0.1, -0.05) is 6.42 Å². The van der Waals surface area contributed by atoms with Crippen molar-refractivity contribution >= 4 is 11.9 Å². The quantitative estimate of drug-likeness (QED) is 0.614. The summed E-state index contributed by atoms with van der Waals surface area (Å²) in [5.41, 5.74) is 0. The highest BCUT2D eigenvalue weighted by atomic mass is 16.4. The highest BCUT2D eigenvalue weighted by Gasteiger charge is 2.24. The monoisotopic (exact) mass is 201 g/mol. The summed E-state index contributed by atoms with van der Waals surface area (Å²) in [4.78, 5) is 20.9. The molecule has 0 spiro atoms. The van der Waals surface area contributed by atoms with Gasteiger partial charge in [-0.05, 0) is 12.8 Å². The Hall–Kier alpha value is -1.10. The van der Waals surface area contributed by atoms with Crippen LogP contribution in [-0.2, 0) is 9.59 Å². The normalized spacial score (nSPS) is 27.1. The molecule has 1 rings (SSSR count). The number of hydrogen-bond donors (Lipinski definition) is 3. The molecule has 1 aliphatic rings. The first-order valence-electron chi connectivity index (χ1n) is 4.77. The van der Waals surface area contributed by atoms with Crippen LogP contribution in [0.2, 0.25) is 0 Å². The van der Waals surface area contributed by atoms with E-state index in [0.717, 1.165) is 19.3 Å². The standard InChI is InChI=1S/C9H15NO4/c11-8(12)4-6-2-1-3-7(10-6)5-9(13)14/h6-7,10H,1-5H2,(H,11,12)(H,13,14)/t6-,7+. The molecule has 0 aliphatic carbocycles. The van der Waals surface area contributed by atoms with Crippen molar-refractivity contribution in [1.29, 1.82) is 0 Å². The fraction of sp³-hybridized carbons (Fsp3) is 0.778. The molecule has 0 amide bonds. The van der Waals surface area contributed by atoms with Crippen LogP contribution in [0.3, 0.4) is 0 Å². The molecular formula is C9H15NO4. The molecule has 0 radical (unpaired) electrons. The SMILES string of the molecule is O=C(O)C[C@H]1CCC[C@@H](CC(=O)O)N1. The van der Waals surface area contributed by atoms with Crippen LogP contribution in [-0.4, -0.2) is 34.2 Å². The molecule has 1 saturated heterocycles. The van der Waals surface area contributed by atoms with Gasteiger partial charge in [0.1, 0.15) is 0 Å². The van der Waals surface area contributed by atoms with Gasteiger partial charge in [-0.15, -0.1) is 0 Å². The van der Waals surface area contributed by atoms with Crippen LogP contribution in [0.1, 0.15) is 32.1 Å². The summed E-state index contributed by atoms with van der Waals surface area (Å²) in [6, 6.07) is -0.129. The van der Waals surface area contributed by atoms with Gasteiger partial charge in [-0.25, -0.2) is 0 Å². The topological polar surface area (TPSA) is 86.6 Å². The number of carbonyl (C=O) groups is 2. The van der Waals surface area contributed by atoms with Crippen molar-refractivity contribution in [3.05, 3.63) is 0 Å². The largest absolute Gasteiger partial charge is 0.481 e. The molecule has 3 N–H and O–H groups in total. The minimum Gasteiger partial charge on any atom is -0.481 e. The van der Waals surface area contributed by atoms with Crippen molar-refractivity contribution in [3.8, 4) is 0 Å². The van der Waals surface area contributed by atoms with E-state index >= 15 is 0 Å². The van der Waals surface area contributed by atoms with E-state index in [1.807, 2.05) is 0 Å². The van der Waals surface area contributed by atoms with Crippen molar-refractivity contribution < 1.29 is 19.8 Å². The zero-order chi connectivity index (χ0) is 10.6. The van der Waals surface area contributed by atoms with Gasteiger partial charge in [0.2, 0.25) is 0 Å². The van der Waals surface area contributed by atoms with Crippen LogP contribution in [0.15, 0.2) is 0 Å². The van der Waals surface area contributed by atoms with Gasteiger partial charge in [-0.3, -0.25) is 9.59 Å². The number of hydrogen-bond acceptors (Lipinski definition) is 3. The molecule has 0 unspecified atom stereocenters. The third-order valence-electron chi connectivity index (χ3n) is 2.42. The average Bonchev–Trinajstić information content (AvgIpc) is 2.01. The molecule has 0 aromatic rings. The molecule has 5 nitrogen and oxygen atoms in total. The van der Waals surface area contributed by atoms with E-state index in [0.29, 0.717) is 0 Å². The van der Waals surface area contributed by atoms with Gasteiger partial charge in [-0.2, -0.15) is 0 Å². The number of carboxylic acids is 2. The van der Waals surface area contributed by atoms with Crippen molar-refractivity contribution in [2.24, 2.45) is 0 Å². The Balaban J connectivity index is 2.35. The second-order valence-electron chi connectivity index (χ2n) is 3.69. The van der Waals surface area contributed by atoms with Crippen LogP contribution >= 0.6 is 0 Å². The molecule has 0 bridgehead atoms. The van der Waals surface area contributed by atoms with Crippen molar-refractivity contribution in [2.75, 3.05) is 0 Å². The van der Waals surface area contributed by atoms with Crippen LogP contribution in [0.4, 0.5) is 0 Å². The maximum absolute atomic E-state index is 10.4. The number of aliphatic carboxylic acids is 2. The van der Waals surface area contributed by atoms with Crippen molar-refractivity contribution in [1.82, 2.24) is 5.32 Å². The Morgan fingerprint density at radius 2 is 1.50 bits per heavy atom. The lowest BCUT2D eigenvalue weighted by Gasteiger charge is -2.29. The fourth-order valence-electron chi connectivity index (χ4n) is 1.85. The van der Waals surface area contributed by atoms with Crippen LogP contribution in [0.5, 0.6) is 0 Å². The lowest BCUT2D eigenvalue weighted by atomic mass is 9.95. The molecule has 80 valence electrons. The summed E-state index contributed by atoms with van der Waals surface area (Å²) >= 11 is 0. The molecule has 0 aromatic carbocycles. The molecule has 0 aromatic heterocycles. The molecule has 5 heteroatoms. The summed E-state index contributed by atoms with van der Waals surface area (Å²) in [5, 5.41) is 20.2. The molecule has 0 saturated carbocycles. The van der Waals surface area contributed by atoms with E-state index in [-0.39, 0.29) is 24.9 Å². The number of nitrogens with one attached hydrogen (secondary N) is 1. The first-order valence-corrected chi connectivity index (χ1v) is 4.77. The predicted molar refractivity (Wildman–Crippen MR) is 49.1 cm³/mol. The Kier molecular flexibility index (Phi) is 3.88. The Morgan fingerprint density at radius 3 is 1.86 bits per heavy atom. The third kappa shape index (κ3) is 3.74. The van der Waals surface area contributed by atoms with Crippen LogP contribution in [0, 0.1) is 0 Å². The Morgan fingerprint density at radius 1 is 1.07 bits per heavy atom. The molecule has 1 fully saturated rings. The van der Waals surface area contributed by atoms with Gasteiger partial charge in [0, 0.05) is 12.1 Å². The van der Waals surface area contributed by atoms with Gasteiger partial charge in [0.25, 0.3) is 0 Å². The van der Waals surface area contributed by atoms with E-state index in [1.165, 1.54) is 0 Å². The predicted octanol–water partition coefficient (Wildman–Crippen LogP) is 0.447. The smallest absolute Gasteiger partial charge is 0.304 e. The van der Waals surface area contributed by atoms with Gasteiger partial charge < -0.3 is 15.5 Å². The lowest BCUT2D eigenvalue weighted by molar-refractivity contribution is -0.137. The van der Waals surface area contributed by atoms with E-state index in [2.05, 4.69) is 5.32 Å². The first-order chi connectivity index (χ1) is 6.58. The minimum atomic E-state index is -0.835. The molecule has 1 heterocycles. The highest BCUT2D eigenvalue weighted by Crippen LogP contribution is 2.16. The second kappa shape index (κ2) is 4.95. The Labute approximate surface area is 82.1 Å². The van der Waals surface area contributed by atoms with Gasteiger partial charge >= 0.3 is 11.9 Å². The van der Waals surface area contributed by atoms with Crippen LogP contribution < -0.4 is 5.32 Å². The van der Waals surface area contributed by atoms with E-state index in [1.54, 1.807) is 0 Å². The number of carboxylic acid groups (broad SMARTS) is 2. The summed E-state index contributed by atoms with van der Waals surface area (Å²) in [6.45, 7) is 0. The minimum absolute atomic E-state index is 0.0643. The number of piperidine rings is 1. The average molecular weight is 201 g/mol. The third-order valence-corrected chi connectivity index (χ3v) is 2.42.